The normalized spacial score (nSPS) is 28.6. The van der Waals surface area contributed by atoms with Crippen molar-refractivity contribution in [3.63, 3.8) is 0 Å². The summed E-state index contributed by atoms with van der Waals surface area (Å²) in [6, 6.07) is 5.98. The van der Waals surface area contributed by atoms with Crippen molar-refractivity contribution in [1.82, 2.24) is 4.90 Å². The van der Waals surface area contributed by atoms with Crippen molar-refractivity contribution in [2.24, 2.45) is 5.41 Å². The van der Waals surface area contributed by atoms with Crippen LogP contribution in [0.25, 0.3) is 0 Å². The Bertz CT molecular complexity index is 865. The molecule has 176 valence electrons. The summed E-state index contributed by atoms with van der Waals surface area (Å²) in [5, 5.41) is 19.4. The van der Waals surface area contributed by atoms with Crippen molar-refractivity contribution < 1.29 is 19.8 Å². The van der Waals surface area contributed by atoms with E-state index in [1.54, 1.807) is 0 Å². The van der Waals surface area contributed by atoms with Gasteiger partial charge in [-0.15, -0.1) is 0 Å². The molecule has 4 rings (SSSR count). The number of aliphatic hydroxyl groups excluding tert-OH is 1. The number of nitrogens with zero attached hydrogens (tertiary/aromatic N) is 3. The van der Waals surface area contributed by atoms with Gasteiger partial charge in [-0.05, 0) is 89.5 Å². The van der Waals surface area contributed by atoms with Gasteiger partial charge >= 0.3 is 6.09 Å². The van der Waals surface area contributed by atoms with Crippen molar-refractivity contribution in [3.05, 3.63) is 23.8 Å². The summed E-state index contributed by atoms with van der Waals surface area (Å²) >= 11 is 0. The van der Waals surface area contributed by atoms with Gasteiger partial charge in [0.1, 0.15) is 0 Å². The molecule has 1 aromatic carbocycles. The Morgan fingerprint density at radius 2 is 1.88 bits per heavy atom. The first-order valence-electron chi connectivity index (χ1n) is 12.1. The lowest BCUT2D eigenvalue weighted by Gasteiger charge is -2.42. The third-order valence-electron chi connectivity index (χ3n) is 7.75. The summed E-state index contributed by atoms with van der Waals surface area (Å²) in [7, 11) is 0. The lowest BCUT2D eigenvalue weighted by Crippen LogP contribution is -2.50. The van der Waals surface area contributed by atoms with E-state index in [0.717, 1.165) is 75.8 Å². The van der Waals surface area contributed by atoms with Crippen LogP contribution in [0, 0.1) is 12.3 Å². The average molecular weight is 444 g/mol. The number of aryl methyl sites for hydroxylation is 1. The zero-order valence-electron chi connectivity index (χ0n) is 19.6. The number of carbonyl (C=O) groups excluding carboxylic acids is 1. The molecule has 1 aromatic rings. The smallest absolute Gasteiger partial charge is 0.412 e. The van der Waals surface area contributed by atoms with Gasteiger partial charge < -0.3 is 20.0 Å². The highest BCUT2D eigenvalue weighted by molar-refractivity contribution is 5.88. The molecule has 3 aliphatic rings. The Morgan fingerprint density at radius 3 is 2.50 bits per heavy atom. The summed E-state index contributed by atoms with van der Waals surface area (Å²) in [6.45, 7) is 8.23. The Labute approximate surface area is 191 Å². The van der Waals surface area contributed by atoms with Crippen LogP contribution in [0.5, 0.6) is 0 Å². The second kappa shape index (κ2) is 8.93. The van der Waals surface area contributed by atoms with Gasteiger partial charge in [-0.25, -0.2) is 4.79 Å². The van der Waals surface area contributed by atoms with E-state index < -0.39 is 6.09 Å². The molecule has 2 N–H and O–H groups in total. The summed E-state index contributed by atoms with van der Waals surface area (Å²) in [5.74, 6) is 0.301. The van der Waals surface area contributed by atoms with Crippen LogP contribution in [0.1, 0.15) is 64.4 Å². The van der Waals surface area contributed by atoms with Crippen molar-refractivity contribution in [2.75, 3.05) is 29.4 Å². The van der Waals surface area contributed by atoms with Crippen LogP contribution >= 0.6 is 0 Å². The molecule has 1 saturated carbocycles. The summed E-state index contributed by atoms with van der Waals surface area (Å²) in [6.07, 6.45) is 5.07. The fourth-order valence-corrected chi connectivity index (χ4v) is 6.06. The van der Waals surface area contributed by atoms with E-state index in [0.29, 0.717) is 11.6 Å². The van der Waals surface area contributed by atoms with Crippen LogP contribution in [0.3, 0.4) is 0 Å². The van der Waals surface area contributed by atoms with E-state index in [4.69, 9.17) is 0 Å². The number of rotatable bonds is 4. The number of likely N-dealkylation sites (tertiary alicyclic amines) is 1. The molecule has 0 bridgehead atoms. The van der Waals surface area contributed by atoms with Crippen LogP contribution in [0.2, 0.25) is 0 Å². The molecule has 2 heterocycles. The monoisotopic (exact) mass is 443 g/mol. The molecule has 7 heteroatoms. The minimum Gasteiger partial charge on any atom is -0.465 e. The molecule has 2 saturated heterocycles. The molecule has 1 spiro atoms. The molecule has 2 amide bonds. The van der Waals surface area contributed by atoms with Gasteiger partial charge in [0.2, 0.25) is 5.91 Å². The number of piperidine rings is 1. The summed E-state index contributed by atoms with van der Waals surface area (Å²) in [5.41, 5.74) is 2.50. The van der Waals surface area contributed by atoms with Crippen LogP contribution in [0.15, 0.2) is 18.2 Å². The highest BCUT2D eigenvalue weighted by Gasteiger charge is 2.50. The zero-order chi connectivity index (χ0) is 23.0. The first-order chi connectivity index (χ1) is 15.2. The quantitative estimate of drug-likeness (QED) is 0.735. The molecule has 1 aliphatic carbocycles. The van der Waals surface area contributed by atoms with Gasteiger partial charge in [-0.1, -0.05) is 0 Å². The van der Waals surface area contributed by atoms with E-state index in [1.807, 2.05) is 39.0 Å². The molecule has 1 unspecified atom stereocenters. The number of anilines is 2. The van der Waals surface area contributed by atoms with Gasteiger partial charge in [-0.3, -0.25) is 9.69 Å². The minimum absolute atomic E-state index is 0.140. The molecule has 0 radical (unpaired) electrons. The highest BCUT2D eigenvalue weighted by atomic mass is 16.4. The predicted molar refractivity (Wildman–Crippen MR) is 125 cm³/mol. The number of carbonyl (C=O) groups is 2. The van der Waals surface area contributed by atoms with E-state index in [9.17, 15) is 19.8 Å². The maximum absolute atomic E-state index is 13.6. The van der Waals surface area contributed by atoms with Gasteiger partial charge in [0.25, 0.3) is 0 Å². The Balaban J connectivity index is 1.51. The number of carboxylic acid groups (broad SMARTS) is 1. The molecular weight excluding hydrogens is 406 g/mol. The third-order valence-corrected chi connectivity index (χ3v) is 7.75. The Morgan fingerprint density at radius 1 is 1.16 bits per heavy atom. The largest absolute Gasteiger partial charge is 0.465 e. The Kier molecular flexibility index (Phi) is 6.39. The first-order valence-corrected chi connectivity index (χ1v) is 12.1. The van der Waals surface area contributed by atoms with Crippen molar-refractivity contribution in [1.29, 1.82) is 0 Å². The second-order valence-electron chi connectivity index (χ2n) is 10.2. The van der Waals surface area contributed by atoms with Crippen LogP contribution in [0.4, 0.5) is 16.2 Å². The fraction of sp³-hybridized carbons (Fsp3) is 0.680. The lowest BCUT2D eigenvalue weighted by atomic mass is 9.78. The molecule has 32 heavy (non-hydrogen) atoms. The van der Waals surface area contributed by atoms with E-state index in [1.165, 1.54) is 4.90 Å². The van der Waals surface area contributed by atoms with Crippen LogP contribution < -0.4 is 9.80 Å². The van der Waals surface area contributed by atoms with E-state index in [-0.39, 0.29) is 23.6 Å². The standard InChI is InChI=1S/C25H37N3O4/c1-17(2)28(24(31)32)20-7-10-22(18(3)15-20)26-13-4-11-25(16-26)12-14-27(23(25)30)19-5-8-21(29)9-6-19/h7,10,15,17,19,21,29H,4-6,8-9,11-14,16H2,1-3H3,(H,31,32)/t19-,21-,25?. The molecule has 2 aliphatic heterocycles. The molecular formula is C25H37N3O4. The van der Waals surface area contributed by atoms with Crippen LogP contribution in [-0.4, -0.2) is 64.9 Å². The topological polar surface area (TPSA) is 84.3 Å². The lowest BCUT2D eigenvalue weighted by molar-refractivity contribution is -0.139. The SMILES string of the molecule is Cc1cc(N(C(=O)O)C(C)C)ccc1N1CCCC2(CCN([C@H]3CC[C@H](O)CC3)C2=O)C1. The van der Waals surface area contributed by atoms with Gasteiger partial charge in [0.05, 0.1) is 11.5 Å². The number of amides is 2. The summed E-state index contributed by atoms with van der Waals surface area (Å²) in [4.78, 5) is 31.1. The highest BCUT2D eigenvalue weighted by Crippen LogP contribution is 2.44. The van der Waals surface area contributed by atoms with Crippen molar-refractivity contribution in [3.8, 4) is 0 Å². The van der Waals surface area contributed by atoms with Crippen molar-refractivity contribution in [2.45, 2.75) is 83.9 Å². The van der Waals surface area contributed by atoms with E-state index >= 15 is 0 Å². The number of aliphatic hydroxyl groups is 1. The van der Waals surface area contributed by atoms with Gasteiger partial charge in [0.15, 0.2) is 0 Å². The number of hydrogen-bond donors (Lipinski definition) is 2. The fourth-order valence-electron chi connectivity index (χ4n) is 6.06. The third kappa shape index (κ3) is 4.19. The Hall–Kier alpha value is -2.28. The van der Waals surface area contributed by atoms with Crippen LogP contribution in [-0.2, 0) is 4.79 Å². The van der Waals surface area contributed by atoms with Crippen molar-refractivity contribution >= 4 is 23.4 Å². The zero-order valence-corrected chi connectivity index (χ0v) is 19.6. The average Bonchev–Trinajstić information content (AvgIpc) is 3.04. The van der Waals surface area contributed by atoms with E-state index in [2.05, 4.69) is 9.80 Å². The molecule has 1 atom stereocenters. The van der Waals surface area contributed by atoms with Gasteiger partial charge in [0, 0.05) is 43.1 Å². The maximum atomic E-state index is 13.6. The second-order valence-corrected chi connectivity index (χ2v) is 10.2. The summed E-state index contributed by atoms with van der Waals surface area (Å²) < 4.78 is 0. The first kappa shape index (κ1) is 22.9. The number of hydrogen-bond acceptors (Lipinski definition) is 4. The molecule has 7 nitrogen and oxygen atoms in total. The molecule has 3 fully saturated rings. The minimum atomic E-state index is -0.948. The number of benzene rings is 1. The maximum Gasteiger partial charge on any atom is 0.412 e. The predicted octanol–water partition coefficient (Wildman–Crippen LogP) is 4.01. The molecule has 0 aromatic heterocycles. The van der Waals surface area contributed by atoms with Gasteiger partial charge in [-0.2, -0.15) is 0 Å².